The van der Waals surface area contributed by atoms with Crippen LogP contribution in [0.2, 0.25) is 0 Å². The van der Waals surface area contributed by atoms with Crippen LogP contribution < -0.4 is 11.1 Å². The second-order valence-electron chi connectivity index (χ2n) is 4.33. The second kappa shape index (κ2) is 7.86. The molecule has 2 aromatic rings. The number of anilines is 1. The van der Waals surface area contributed by atoms with Crippen molar-refractivity contribution in [1.29, 1.82) is 0 Å². The van der Waals surface area contributed by atoms with Crippen molar-refractivity contribution in [1.82, 2.24) is 0 Å². The fraction of sp³-hybridized carbons (Fsp3) is 0.200. The summed E-state index contributed by atoms with van der Waals surface area (Å²) in [6.07, 6.45) is 0. The van der Waals surface area contributed by atoms with Gasteiger partial charge >= 0.3 is 11.9 Å². The lowest BCUT2D eigenvalue weighted by Crippen LogP contribution is -2.25. The molecule has 0 aliphatic heterocycles. The number of carboxylic acids is 2. The fourth-order valence-electron chi connectivity index (χ4n) is 1.65. The largest absolute Gasteiger partial charge is 0.480 e. The number of hydrogen-bond donors (Lipinski definition) is 4. The average Bonchev–Trinajstić information content (AvgIpc) is 2.48. The summed E-state index contributed by atoms with van der Waals surface area (Å²) < 4.78 is 0. The number of benzene rings is 2. The maximum absolute atomic E-state index is 10.8. The van der Waals surface area contributed by atoms with Crippen molar-refractivity contribution in [2.75, 3.05) is 11.9 Å². The molecule has 2 aromatic carbocycles. The van der Waals surface area contributed by atoms with Gasteiger partial charge in [-0.05, 0) is 18.4 Å². The Balaban J connectivity index is 0.000000383. The molecule has 0 amide bonds. The highest BCUT2D eigenvalue weighted by Gasteiger charge is 2.11. The Morgan fingerprint density at radius 1 is 1.14 bits per heavy atom. The number of fused-ring (bicyclic) bond motifs is 1. The number of nitrogens with one attached hydrogen (secondary N) is 1. The Hall–Kier alpha value is -2.60. The second-order valence-corrected chi connectivity index (χ2v) is 4.33. The van der Waals surface area contributed by atoms with Crippen molar-refractivity contribution in [3.05, 3.63) is 42.5 Å². The Morgan fingerprint density at radius 3 is 2.29 bits per heavy atom. The van der Waals surface area contributed by atoms with Crippen LogP contribution in [-0.4, -0.2) is 34.7 Å². The summed E-state index contributed by atoms with van der Waals surface area (Å²) in [5.74, 6) is -1.82. The Kier molecular flexibility index (Phi) is 6.16. The molecule has 0 aliphatic carbocycles. The Labute approximate surface area is 122 Å². The molecule has 0 heterocycles. The van der Waals surface area contributed by atoms with Crippen molar-refractivity contribution in [3.8, 4) is 0 Å². The van der Waals surface area contributed by atoms with E-state index in [0.29, 0.717) is 0 Å². The molecule has 6 heteroatoms. The predicted octanol–water partition coefficient (Wildman–Crippen LogP) is 1.75. The van der Waals surface area contributed by atoms with E-state index in [9.17, 15) is 9.59 Å². The monoisotopic (exact) mass is 290 g/mol. The first-order chi connectivity index (χ1) is 9.95. The van der Waals surface area contributed by atoms with Gasteiger partial charge in [-0.3, -0.25) is 9.59 Å². The van der Waals surface area contributed by atoms with Gasteiger partial charge in [-0.2, -0.15) is 0 Å². The molecular formula is C15H18N2O4. The van der Waals surface area contributed by atoms with Crippen LogP contribution in [-0.2, 0) is 9.59 Å². The van der Waals surface area contributed by atoms with Gasteiger partial charge in [0, 0.05) is 11.1 Å². The van der Waals surface area contributed by atoms with Crippen LogP contribution in [0.3, 0.4) is 0 Å². The molecule has 0 spiro atoms. The van der Waals surface area contributed by atoms with Crippen LogP contribution in [0, 0.1) is 0 Å². The number of carboxylic acid groups (broad SMARTS) is 2. The van der Waals surface area contributed by atoms with E-state index >= 15 is 0 Å². The Bertz CT molecular complexity index is 623. The van der Waals surface area contributed by atoms with Gasteiger partial charge in [0.1, 0.15) is 6.04 Å². The third-order valence-electron chi connectivity index (χ3n) is 2.71. The van der Waals surface area contributed by atoms with E-state index in [4.69, 9.17) is 10.2 Å². The number of aliphatic carboxylic acids is 2. The van der Waals surface area contributed by atoms with Gasteiger partial charge in [-0.25, -0.2) is 0 Å². The van der Waals surface area contributed by atoms with Crippen LogP contribution >= 0.6 is 0 Å². The third-order valence-corrected chi connectivity index (χ3v) is 2.71. The average molecular weight is 290 g/mol. The fourth-order valence-corrected chi connectivity index (χ4v) is 1.65. The molecular weight excluding hydrogens is 272 g/mol. The van der Waals surface area contributed by atoms with Gasteiger partial charge < -0.3 is 21.3 Å². The minimum Gasteiger partial charge on any atom is -0.480 e. The summed E-state index contributed by atoms with van der Waals surface area (Å²) in [6.45, 7) is 1.35. The van der Waals surface area contributed by atoms with Crippen molar-refractivity contribution in [3.63, 3.8) is 0 Å². The van der Waals surface area contributed by atoms with Crippen molar-refractivity contribution in [2.24, 2.45) is 5.73 Å². The number of hydrogen-bond acceptors (Lipinski definition) is 4. The first kappa shape index (κ1) is 16.5. The molecule has 0 fully saturated rings. The van der Waals surface area contributed by atoms with E-state index in [1.165, 1.54) is 0 Å². The summed E-state index contributed by atoms with van der Waals surface area (Å²) in [7, 11) is 0. The van der Waals surface area contributed by atoms with Crippen LogP contribution in [0.4, 0.5) is 5.69 Å². The molecule has 0 saturated carbocycles. The summed E-state index contributed by atoms with van der Waals surface area (Å²) in [5, 5.41) is 21.6. The quantitative estimate of drug-likeness (QED) is 0.682. The van der Waals surface area contributed by atoms with E-state index < -0.39 is 18.0 Å². The van der Waals surface area contributed by atoms with Gasteiger partial charge in [0.05, 0.1) is 6.54 Å². The van der Waals surface area contributed by atoms with Gasteiger partial charge in [0.25, 0.3) is 0 Å². The van der Waals surface area contributed by atoms with Crippen molar-refractivity contribution >= 4 is 28.4 Å². The number of carbonyl (C=O) groups is 2. The molecule has 0 bridgehead atoms. The minimum atomic E-state index is -0.968. The predicted molar refractivity (Wildman–Crippen MR) is 81.4 cm³/mol. The highest BCUT2D eigenvalue weighted by Crippen LogP contribution is 2.23. The summed E-state index contributed by atoms with van der Waals surface area (Å²) >= 11 is 0. The molecule has 21 heavy (non-hydrogen) atoms. The van der Waals surface area contributed by atoms with E-state index in [0.717, 1.165) is 16.5 Å². The minimum absolute atomic E-state index is 0.278. The van der Waals surface area contributed by atoms with Crippen molar-refractivity contribution in [2.45, 2.75) is 13.0 Å². The topological polar surface area (TPSA) is 113 Å². The zero-order valence-corrected chi connectivity index (χ0v) is 11.6. The van der Waals surface area contributed by atoms with E-state index in [-0.39, 0.29) is 6.54 Å². The lowest BCUT2D eigenvalue weighted by Gasteiger charge is -2.12. The smallest absolute Gasteiger partial charge is 0.325 e. The van der Waals surface area contributed by atoms with Gasteiger partial charge in [0.2, 0.25) is 0 Å². The normalized spacial score (nSPS) is 11.1. The summed E-state index contributed by atoms with van der Waals surface area (Å²) in [6, 6.07) is 13.1. The number of rotatable bonds is 4. The molecule has 0 radical (unpaired) electrons. The van der Waals surface area contributed by atoms with E-state index in [1.54, 1.807) is 6.92 Å². The maximum Gasteiger partial charge on any atom is 0.325 e. The summed E-state index contributed by atoms with van der Waals surface area (Å²) in [4.78, 5) is 20.0. The Morgan fingerprint density at radius 2 is 1.71 bits per heavy atom. The van der Waals surface area contributed by atoms with Crippen LogP contribution in [0.5, 0.6) is 0 Å². The SMILES string of the molecule is C[C@H](Nc1cccc2ccccc12)C(=O)O.NCC(=O)O. The maximum atomic E-state index is 10.8. The zero-order chi connectivity index (χ0) is 15.8. The van der Waals surface area contributed by atoms with E-state index in [2.05, 4.69) is 11.1 Å². The summed E-state index contributed by atoms with van der Waals surface area (Å²) in [5.41, 5.74) is 5.43. The lowest BCUT2D eigenvalue weighted by molar-refractivity contribution is -0.137. The van der Waals surface area contributed by atoms with Gasteiger partial charge in [-0.15, -0.1) is 0 Å². The van der Waals surface area contributed by atoms with Crippen LogP contribution in [0.15, 0.2) is 42.5 Å². The number of nitrogens with two attached hydrogens (primary N) is 1. The molecule has 0 aliphatic rings. The van der Waals surface area contributed by atoms with Gasteiger partial charge in [-0.1, -0.05) is 36.4 Å². The molecule has 5 N–H and O–H groups in total. The highest BCUT2D eigenvalue weighted by molar-refractivity contribution is 5.95. The van der Waals surface area contributed by atoms with Crippen LogP contribution in [0.25, 0.3) is 10.8 Å². The molecule has 2 rings (SSSR count). The third kappa shape index (κ3) is 5.12. The first-order valence-corrected chi connectivity index (χ1v) is 6.34. The van der Waals surface area contributed by atoms with Crippen molar-refractivity contribution < 1.29 is 19.8 Å². The molecule has 6 nitrogen and oxygen atoms in total. The molecule has 112 valence electrons. The molecule has 1 atom stereocenters. The van der Waals surface area contributed by atoms with Crippen LogP contribution in [0.1, 0.15) is 6.92 Å². The lowest BCUT2D eigenvalue weighted by atomic mass is 10.1. The first-order valence-electron chi connectivity index (χ1n) is 6.34. The molecule has 0 aromatic heterocycles. The molecule has 0 saturated heterocycles. The molecule has 0 unspecified atom stereocenters. The zero-order valence-electron chi connectivity index (χ0n) is 11.6. The standard InChI is InChI=1S/C13H13NO2.C2H5NO2/c1-9(13(15)16)14-12-8-4-6-10-5-2-3-7-11(10)12;3-1-2(4)5/h2-9,14H,1H3,(H,15,16);1,3H2,(H,4,5)/t9-;/m0./s1. The van der Waals surface area contributed by atoms with E-state index in [1.807, 2.05) is 42.5 Å². The van der Waals surface area contributed by atoms with Gasteiger partial charge in [0.15, 0.2) is 0 Å². The highest BCUT2D eigenvalue weighted by atomic mass is 16.4.